The lowest BCUT2D eigenvalue weighted by molar-refractivity contribution is 0.0205. The highest BCUT2D eigenvalue weighted by Gasteiger charge is 2.49. The molecule has 0 heterocycles. The van der Waals surface area contributed by atoms with Crippen LogP contribution in [-0.4, -0.2) is 20.0 Å². The summed E-state index contributed by atoms with van der Waals surface area (Å²) in [5.41, 5.74) is 0.745. The maximum absolute atomic E-state index is 11.9. The summed E-state index contributed by atoms with van der Waals surface area (Å²) >= 11 is 18.8. The SMILES string of the molecule is CC(C)(C)[Si](C)(C)OCC1CC(c2ccc(Cl)cc2Cl)C(O)(c2ccc(Cl)cc2)C1. The highest BCUT2D eigenvalue weighted by Crippen LogP contribution is 2.54. The summed E-state index contributed by atoms with van der Waals surface area (Å²) in [7, 11) is -1.87. The molecule has 2 aromatic rings. The Labute approximate surface area is 196 Å². The fourth-order valence-electron chi connectivity index (χ4n) is 4.09. The lowest BCUT2D eigenvalue weighted by Crippen LogP contribution is -2.41. The minimum absolute atomic E-state index is 0.142. The number of aliphatic hydroxyl groups is 1. The molecule has 3 atom stereocenters. The van der Waals surface area contributed by atoms with Gasteiger partial charge in [0.15, 0.2) is 8.32 Å². The molecular formula is C24H31Cl3O2Si. The van der Waals surface area contributed by atoms with E-state index in [4.69, 9.17) is 39.2 Å². The van der Waals surface area contributed by atoms with E-state index in [0.717, 1.165) is 17.5 Å². The molecule has 0 spiro atoms. The minimum atomic E-state index is -1.87. The number of hydrogen-bond donors (Lipinski definition) is 1. The van der Waals surface area contributed by atoms with Crippen molar-refractivity contribution in [3.8, 4) is 0 Å². The predicted octanol–water partition coefficient (Wildman–Crippen LogP) is 8.05. The van der Waals surface area contributed by atoms with E-state index in [2.05, 4.69) is 33.9 Å². The van der Waals surface area contributed by atoms with Gasteiger partial charge in [-0.05, 0) is 72.3 Å². The Balaban J connectivity index is 1.93. The van der Waals surface area contributed by atoms with Crippen LogP contribution in [0.15, 0.2) is 42.5 Å². The third kappa shape index (κ3) is 4.92. The van der Waals surface area contributed by atoms with Gasteiger partial charge in [-0.15, -0.1) is 0 Å². The van der Waals surface area contributed by atoms with Crippen LogP contribution in [0.2, 0.25) is 33.2 Å². The molecule has 0 bridgehead atoms. The van der Waals surface area contributed by atoms with E-state index in [-0.39, 0.29) is 16.9 Å². The molecule has 164 valence electrons. The Morgan fingerprint density at radius 2 is 1.63 bits per heavy atom. The standard InChI is InChI=1S/C24H31Cl3O2Si/c1-23(2,3)30(4,5)29-15-16-12-21(20-11-10-19(26)13-22(20)27)24(28,14-16)17-6-8-18(25)9-7-17/h6-11,13,16,21,28H,12,14-15H2,1-5H3. The third-order valence-corrected chi connectivity index (χ3v) is 12.2. The molecule has 0 aromatic heterocycles. The van der Waals surface area contributed by atoms with Crippen LogP contribution in [0.5, 0.6) is 0 Å². The molecular weight excluding hydrogens is 455 g/mol. The first-order valence-corrected chi connectivity index (χ1v) is 14.4. The average molecular weight is 486 g/mol. The molecule has 3 rings (SSSR count). The molecule has 1 aliphatic carbocycles. The van der Waals surface area contributed by atoms with Crippen molar-refractivity contribution in [3.63, 3.8) is 0 Å². The summed E-state index contributed by atoms with van der Waals surface area (Å²) in [5.74, 6) is 0.0907. The van der Waals surface area contributed by atoms with Crippen molar-refractivity contribution < 1.29 is 9.53 Å². The number of rotatable bonds is 5. The van der Waals surface area contributed by atoms with E-state index in [1.165, 1.54) is 0 Å². The van der Waals surface area contributed by atoms with Gasteiger partial charge in [-0.3, -0.25) is 0 Å². The highest BCUT2D eigenvalue weighted by atomic mass is 35.5. The maximum atomic E-state index is 11.9. The summed E-state index contributed by atoms with van der Waals surface area (Å²) in [4.78, 5) is 0. The molecule has 0 amide bonds. The van der Waals surface area contributed by atoms with E-state index in [9.17, 15) is 5.11 Å². The Kier molecular flexibility index (Phi) is 7.04. The first kappa shape index (κ1) is 24.1. The molecule has 1 N–H and O–H groups in total. The highest BCUT2D eigenvalue weighted by molar-refractivity contribution is 6.74. The zero-order chi connectivity index (χ0) is 22.3. The normalized spacial score (nSPS) is 25.0. The van der Waals surface area contributed by atoms with Crippen molar-refractivity contribution in [3.05, 3.63) is 68.7 Å². The summed E-state index contributed by atoms with van der Waals surface area (Å²) in [6.07, 6.45) is 1.42. The van der Waals surface area contributed by atoms with E-state index in [1.807, 2.05) is 36.4 Å². The topological polar surface area (TPSA) is 29.5 Å². The van der Waals surface area contributed by atoms with Gasteiger partial charge in [0.25, 0.3) is 0 Å². The van der Waals surface area contributed by atoms with Gasteiger partial charge in [-0.2, -0.15) is 0 Å². The van der Waals surface area contributed by atoms with Crippen molar-refractivity contribution in [2.75, 3.05) is 6.61 Å². The Hall–Kier alpha value is -0.553. The van der Waals surface area contributed by atoms with E-state index in [0.29, 0.717) is 28.1 Å². The van der Waals surface area contributed by atoms with Crippen LogP contribution in [0, 0.1) is 5.92 Å². The zero-order valence-electron chi connectivity index (χ0n) is 18.3. The van der Waals surface area contributed by atoms with Gasteiger partial charge in [-0.1, -0.05) is 73.8 Å². The molecule has 3 unspecified atom stereocenters. The van der Waals surface area contributed by atoms with E-state index in [1.54, 1.807) is 6.07 Å². The lowest BCUT2D eigenvalue weighted by atomic mass is 9.80. The fraction of sp³-hybridized carbons (Fsp3) is 0.500. The van der Waals surface area contributed by atoms with Crippen LogP contribution in [0.3, 0.4) is 0 Å². The second kappa shape index (κ2) is 8.76. The Morgan fingerprint density at radius 1 is 1.03 bits per heavy atom. The molecule has 0 saturated heterocycles. The summed E-state index contributed by atoms with van der Waals surface area (Å²) in [6.45, 7) is 11.9. The van der Waals surface area contributed by atoms with Crippen molar-refractivity contribution in [2.24, 2.45) is 5.92 Å². The Bertz CT molecular complexity index is 892. The molecule has 2 nitrogen and oxygen atoms in total. The van der Waals surface area contributed by atoms with Gasteiger partial charge in [0, 0.05) is 27.6 Å². The fourth-order valence-corrected chi connectivity index (χ4v) is 5.84. The first-order valence-electron chi connectivity index (χ1n) is 10.4. The quantitative estimate of drug-likeness (QED) is 0.434. The molecule has 1 saturated carbocycles. The van der Waals surface area contributed by atoms with Crippen LogP contribution in [0.4, 0.5) is 0 Å². The molecule has 1 fully saturated rings. The smallest absolute Gasteiger partial charge is 0.191 e. The summed E-state index contributed by atoms with van der Waals surface area (Å²) < 4.78 is 6.51. The van der Waals surface area contributed by atoms with Crippen molar-refractivity contribution in [1.82, 2.24) is 0 Å². The van der Waals surface area contributed by atoms with Crippen molar-refractivity contribution in [2.45, 2.75) is 63.3 Å². The van der Waals surface area contributed by atoms with E-state index < -0.39 is 13.9 Å². The largest absolute Gasteiger partial charge is 0.417 e. The van der Waals surface area contributed by atoms with Gasteiger partial charge >= 0.3 is 0 Å². The third-order valence-electron chi connectivity index (χ3n) is 6.91. The molecule has 6 heteroatoms. The number of halogens is 3. The average Bonchev–Trinajstić information content (AvgIpc) is 2.97. The number of hydrogen-bond acceptors (Lipinski definition) is 2. The minimum Gasteiger partial charge on any atom is -0.417 e. The Morgan fingerprint density at radius 3 is 2.20 bits per heavy atom. The van der Waals surface area contributed by atoms with Gasteiger partial charge in [0.05, 0.1) is 5.60 Å². The van der Waals surface area contributed by atoms with Gasteiger partial charge in [0.2, 0.25) is 0 Å². The van der Waals surface area contributed by atoms with Gasteiger partial charge < -0.3 is 9.53 Å². The zero-order valence-corrected chi connectivity index (χ0v) is 21.6. The van der Waals surface area contributed by atoms with Gasteiger partial charge in [-0.25, -0.2) is 0 Å². The van der Waals surface area contributed by atoms with Gasteiger partial charge in [0.1, 0.15) is 0 Å². The van der Waals surface area contributed by atoms with Crippen LogP contribution in [0.25, 0.3) is 0 Å². The summed E-state index contributed by atoms with van der Waals surface area (Å²) in [6, 6.07) is 13.0. The van der Waals surface area contributed by atoms with Crippen molar-refractivity contribution in [1.29, 1.82) is 0 Å². The second-order valence-corrected chi connectivity index (χ2v) is 16.1. The van der Waals surface area contributed by atoms with Crippen LogP contribution < -0.4 is 0 Å². The molecule has 0 radical (unpaired) electrons. The molecule has 0 aliphatic heterocycles. The molecule has 1 aliphatic rings. The second-order valence-electron chi connectivity index (χ2n) is 10.0. The van der Waals surface area contributed by atoms with Crippen LogP contribution >= 0.6 is 34.8 Å². The number of benzene rings is 2. The predicted molar refractivity (Wildman–Crippen MR) is 130 cm³/mol. The van der Waals surface area contributed by atoms with Crippen LogP contribution in [0.1, 0.15) is 50.7 Å². The lowest BCUT2D eigenvalue weighted by Gasteiger charge is -2.37. The van der Waals surface area contributed by atoms with Crippen LogP contribution in [-0.2, 0) is 10.0 Å². The monoisotopic (exact) mass is 484 g/mol. The van der Waals surface area contributed by atoms with Crippen molar-refractivity contribution >= 4 is 43.1 Å². The van der Waals surface area contributed by atoms with E-state index >= 15 is 0 Å². The molecule has 2 aromatic carbocycles. The molecule has 30 heavy (non-hydrogen) atoms. The summed E-state index contributed by atoms with van der Waals surface area (Å²) in [5, 5.41) is 13.9. The maximum Gasteiger partial charge on any atom is 0.191 e. The first-order chi connectivity index (χ1) is 13.8.